The van der Waals surface area contributed by atoms with E-state index < -0.39 is 12.0 Å². The van der Waals surface area contributed by atoms with Crippen LogP contribution in [-0.2, 0) is 16.1 Å². The van der Waals surface area contributed by atoms with Crippen LogP contribution in [0.3, 0.4) is 0 Å². The van der Waals surface area contributed by atoms with E-state index in [1.54, 1.807) is 26.0 Å². The highest BCUT2D eigenvalue weighted by Gasteiger charge is 2.17. The summed E-state index contributed by atoms with van der Waals surface area (Å²) in [6.45, 7) is 8.25. The maximum absolute atomic E-state index is 12.2. The Balaban J connectivity index is 1.99. The number of nitrogens with one attached hydrogen (secondary N) is 1. The summed E-state index contributed by atoms with van der Waals surface area (Å²) in [5, 5.41) is 7.06. The summed E-state index contributed by atoms with van der Waals surface area (Å²) in [5.74, 6) is -0.736. The summed E-state index contributed by atoms with van der Waals surface area (Å²) >= 11 is 0. The lowest BCUT2D eigenvalue weighted by Crippen LogP contribution is -2.39. The fourth-order valence-corrected chi connectivity index (χ4v) is 2.38. The van der Waals surface area contributed by atoms with Gasteiger partial charge in [0, 0.05) is 11.3 Å². The van der Waals surface area contributed by atoms with E-state index in [1.807, 2.05) is 36.7 Å². The molecule has 1 amide bonds. The van der Waals surface area contributed by atoms with E-state index in [0.717, 1.165) is 17.0 Å². The first-order valence-corrected chi connectivity index (χ1v) is 7.98. The molecule has 6 nitrogen and oxygen atoms in total. The van der Waals surface area contributed by atoms with Crippen molar-refractivity contribution in [3.63, 3.8) is 0 Å². The molecule has 0 unspecified atom stereocenters. The van der Waals surface area contributed by atoms with Crippen LogP contribution >= 0.6 is 0 Å². The fourth-order valence-electron chi connectivity index (χ4n) is 2.38. The number of carbonyl (C=O) groups excluding carboxylic acids is 2. The Kier molecular flexibility index (Phi) is 5.73. The molecule has 0 saturated carbocycles. The molecule has 128 valence electrons. The van der Waals surface area contributed by atoms with Gasteiger partial charge in [0.15, 0.2) is 0 Å². The summed E-state index contributed by atoms with van der Waals surface area (Å²) in [5.41, 5.74) is 3.63. The van der Waals surface area contributed by atoms with Crippen LogP contribution in [0.4, 0.5) is 0 Å². The van der Waals surface area contributed by atoms with Gasteiger partial charge in [0.1, 0.15) is 6.04 Å². The Labute approximate surface area is 141 Å². The minimum Gasteiger partial charge on any atom is -0.464 e. The molecule has 0 spiro atoms. The number of ether oxygens (including phenoxy) is 1. The van der Waals surface area contributed by atoms with Crippen LogP contribution in [0.5, 0.6) is 0 Å². The van der Waals surface area contributed by atoms with Gasteiger partial charge in [0.25, 0.3) is 5.91 Å². The maximum Gasteiger partial charge on any atom is 0.328 e. The number of benzene rings is 1. The van der Waals surface area contributed by atoms with Crippen molar-refractivity contribution < 1.29 is 14.3 Å². The molecule has 24 heavy (non-hydrogen) atoms. The third-order valence-corrected chi connectivity index (χ3v) is 3.64. The molecule has 2 aromatic rings. The molecule has 1 N–H and O–H groups in total. The van der Waals surface area contributed by atoms with Crippen molar-refractivity contribution >= 4 is 11.9 Å². The van der Waals surface area contributed by atoms with Crippen LogP contribution in [0.15, 0.2) is 30.3 Å². The first-order chi connectivity index (χ1) is 11.4. The second-order valence-electron chi connectivity index (χ2n) is 5.73. The molecular weight excluding hydrogens is 306 g/mol. The van der Waals surface area contributed by atoms with Crippen molar-refractivity contribution in [1.29, 1.82) is 0 Å². The summed E-state index contributed by atoms with van der Waals surface area (Å²) in [6, 6.07) is 8.62. The zero-order valence-electron chi connectivity index (χ0n) is 14.5. The maximum atomic E-state index is 12.2. The van der Waals surface area contributed by atoms with Crippen LogP contribution in [0, 0.1) is 13.8 Å². The predicted molar refractivity (Wildman–Crippen MR) is 90.8 cm³/mol. The first-order valence-electron chi connectivity index (χ1n) is 7.98. The highest BCUT2D eigenvalue weighted by Crippen LogP contribution is 2.09. The average Bonchev–Trinajstić information content (AvgIpc) is 2.85. The Morgan fingerprint density at radius 2 is 1.92 bits per heavy atom. The van der Waals surface area contributed by atoms with Gasteiger partial charge in [-0.25, -0.2) is 4.79 Å². The lowest BCUT2D eigenvalue weighted by molar-refractivity contribution is -0.144. The van der Waals surface area contributed by atoms with Gasteiger partial charge in [0.05, 0.1) is 18.8 Å². The Morgan fingerprint density at radius 3 is 2.46 bits per heavy atom. The Hall–Kier alpha value is -2.63. The van der Waals surface area contributed by atoms with Crippen molar-refractivity contribution in [2.75, 3.05) is 6.61 Å². The molecule has 1 aromatic heterocycles. The molecule has 0 saturated heterocycles. The van der Waals surface area contributed by atoms with Crippen LogP contribution in [0.1, 0.15) is 41.2 Å². The molecule has 0 bridgehead atoms. The molecule has 6 heteroatoms. The number of carbonyl (C=O) groups is 2. The summed E-state index contributed by atoms with van der Waals surface area (Å²) in [7, 11) is 0. The van der Waals surface area contributed by atoms with Crippen molar-refractivity contribution in [2.45, 2.75) is 40.3 Å². The van der Waals surface area contributed by atoms with Gasteiger partial charge in [-0.3, -0.25) is 9.48 Å². The zero-order chi connectivity index (χ0) is 17.7. The summed E-state index contributed by atoms with van der Waals surface area (Å²) < 4.78 is 6.80. The van der Waals surface area contributed by atoms with E-state index in [-0.39, 0.29) is 5.91 Å². The molecular formula is C18H23N3O3. The smallest absolute Gasteiger partial charge is 0.328 e. The minimum atomic E-state index is -0.674. The number of hydrogen-bond donors (Lipinski definition) is 1. The monoisotopic (exact) mass is 329 g/mol. The fraction of sp³-hybridized carbons (Fsp3) is 0.389. The van der Waals surface area contributed by atoms with Gasteiger partial charge in [-0.15, -0.1) is 0 Å². The molecule has 0 aliphatic heterocycles. The lowest BCUT2D eigenvalue weighted by atomic mass is 10.1. The van der Waals surface area contributed by atoms with Crippen LogP contribution in [0.2, 0.25) is 0 Å². The van der Waals surface area contributed by atoms with E-state index in [1.165, 1.54) is 0 Å². The number of esters is 1. The number of aryl methyl sites for hydroxylation is 2. The standard InChI is InChI=1S/C18H23N3O3/c1-5-24-18(23)14(4)19-17(22)16-8-6-15(7-9-16)11-21-13(3)10-12(2)20-21/h6-10,14H,5,11H2,1-4H3,(H,19,22)/t14-/m1/s1. The molecule has 1 heterocycles. The predicted octanol–water partition coefficient (Wildman–Crippen LogP) is 2.23. The third kappa shape index (κ3) is 4.44. The van der Waals surface area contributed by atoms with Crippen LogP contribution < -0.4 is 5.32 Å². The molecule has 0 fully saturated rings. The van der Waals surface area contributed by atoms with Gasteiger partial charge in [-0.1, -0.05) is 12.1 Å². The first kappa shape index (κ1) is 17.7. The third-order valence-electron chi connectivity index (χ3n) is 3.64. The molecule has 0 radical (unpaired) electrons. The van der Waals surface area contributed by atoms with Crippen LogP contribution in [-0.4, -0.2) is 34.3 Å². The van der Waals surface area contributed by atoms with Gasteiger partial charge in [-0.05, 0) is 51.5 Å². The van der Waals surface area contributed by atoms with Crippen molar-refractivity contribution in [1.82, 2.24) is 15.1 Å². The highest BCUT2D eigenvalue weighted by molar-refractivity contribution is 5.96. The Bertz CT molecular complexity index is 720. The SMILES string of the molecule is CCOC(=O)[C@@H](C)NC(=O)c1ccc(Cn2nc(C)cc2C)cc1. The molecule has 0 aliphatic carbocycles. The van der Waals surface area contributed by atoms with Gasteiger partial charge >= 0.3 is 5.97 Å². The molecule has 1 atom stereocenters. The van der Waals surface area contributed by atoms with E-state index in [2.05, 4.69) is 10.4 Å². The van der Waals surface area contributed by atoms with Crippen molar-refractivity contribution in [3.05, 3.63) is 52.8 Å². The second-order valence-corrected chi connectivity index (χ2v) is 5.73. The van der Waals surface area contributed by atoms with Gasteiger partial charge < -0.3 is 10.1 Å². The number of hydrogen-bond acceptors (Lipinski definition) is 4. The summed E-state index contributed by atoms with van der Waals surface area (Å²) in [4.78, 5) is 23.7. The largest absolute Gasteiger partial charge is 0.464 e. The minimum absolute atomic E-state index is 0.292. The zero-order valence-corrected chi connectivity index (χ0v) is 14.5. The number of amides is 1. The number of nitrogens with zero attached hydrogens (tertiary/aromatic N) is 2. The quantitative estimate of drug-likeness (QED) is 0.825. The number of rotatable bonds is 6. The number of aromatic nitrogens is 2. The van der Waals surface area contributed by atoms with E-state index in [0.29, 0.717) is 18.7 Å². The summed E-state index contributed by atoms with van der Waals surface area (Å²) in [6.07, 6.45) is 0. The molecule has 1 aromatic carbocycles. The van der Waals surface area contributed by atoms with Gasteiger partial charge in [-0.2, -0.15) is 5.10 Å². The second kappa shape index (κ2) is 7.77. The highest BCUT2D eigenvalue weighted by atomic mass is 16.5. The van der Waals surface area contributed by atoms with Crippen LogP contribution in [0.25, 0.3) is 0 Å². The van der Waals surface area contributed by atoms with E-state index in [9.17, 15) is 9.59 Å². The Morgan fingerprint density at radius 1 is 1.25 bits per heavy atom. The van der Waals surface area contributed by atoms with Crippen molar-refractivity contribution in [2.24, 2.45) is 0 Å². The average molecular weight is 329 g/mol. The molecule has 2 rings (SSSR count). The van der Waals surface area contributed by atoms with E-state index in [4.69, 9.17) is 4.74 Å². The van der Waals surface area contributed by atoms with Crippen molar-refractivity contribution in [3.8, 4) is 0 Å². The van der Waals surface area contributed by atoms with Gasteiger partial charge in [0.2, 0.25) is 0 Å². The molecule has 0 aliphatic rings. The normalized spacial score (nSPS) is 11.8. The van der Waals surface area contributed by atoms with E-state index >= 15 is 0 Å². The topological polar surface area (TPSA) is 73.2 Å². The lowest BCUT2D eigenvalue weighted by Gasteiger charge is -2.13.